The van der Waals surface area contributed by atoms with Crippen LogP contribution in [0.25, 0.3) is 0 Å². The van der Waals surface area contributed by atoms with Crippen molar-refractivity contribution in [2.24, 2.45) is 0 Å². The quantitative estimate of drug-likeness (QED) is 0.547. The Morgan fingerprint density at radius 2 is 1.71 bits per heavy atom. The van der Waals surface area contributed by atoms with Crippen LogP contribution < -0.4 is 9.64 Å². The zero-order valence-corrected chi connectivity index (χ0v) is 17.5. The maximum Gasteiger partial charge on any atom is 0.416 e. The summed E-state index contributed by atoms with van der Waals surface area (Å²) in [5.74, 6) is 0.0255. The second kappa shape index (κ2) is 10.0. The fraction of sp³-hybridized carbons (Fsp3) is 0.435. The molecule has 0 bridgehead atoms. The first-order chi connectivity index (χ1) is 14.8. The van der Waals surface area contributed by atoms with Crippen molar-refractivity contribution in [2.75, 3.05) is 31.3 Å². The smallest absolute Gasteiger partial charge is 0.416 e. The van der Waals surface area contributed by atoms with Crippen LogP contribution in [-0.2, 0) is 15.7 Å². The number of ether oxygens (including phenoxy) is 3. The molecule has 5 nitrogen and oxygen atoms in total. The fourth-order valence-electron chi connectivity index (χ4n) is 3.61. The van der Waals surface area contributed by atoms with Crippen LogP contribution in [0.5, 0.6) is 5.75 Å². The molecule has 1 saturated heterocycles. The van der Waals surface area contributed by atoms with Gasteiger partial charge in [0.15, 0.2) is 0 Å². The van der Waals surface area contributed by atoms with E-state index in [4.69, 9.17) is 14.2 Å². The summed E-state index contributed by atoms with van der Waals surface area (Å²) in [5.41, 5.74) is 0.684. The molecule has 1 heterocycles. The van der Waals surface area contributed by atoms with Gasteiger partial charge in [-0.3, -0.25) is 0 Å². The lowest BCUT2D eigenvalue weighted by atomic mass is 10.1. The Balaban J connectivity index is 1.70. The second-order valence-corrected chi connectivity index (χ2v) is 7.23. The van der Waals surface area contributed by atoms with Crippen molar-refractivity contribution in [2.45, 2.75) is 38.6 Å². The number of alkyl halides is 3. The Labute approximate surface area is 179 Å². The number of carbonyl (C=O) groups excluding carboxylic acids is 1. The molecule has 31 heavy (non-hydrogen) atoms. The first-order valence-electron chi connectivity index (χ1n) is 10.3. The van der Waals surface area contributed by atoms with Gasteiger partial charge >= 0.3 is 12.1 Å². The molecule has 0 N–H and O–H groups in total. The van der Waals surface area contributed by atoms with Crippen LogP contribution in [0.2, 0.25) is 0 Å². The summed E-state index contributed by atoms with van der Waals surface area (Å²) in [4.78, 5) is 14.0. The fourth-order valence-corrected chi connectivity index (χ4v) is 3.61. The molecule has 0 aliphatic carbocycles. The van der Waals surface area contributed by atoms with E-state index in [1.54, 1.807) is 19.1 Å². The molecule has 8 heteroatoms. The van der Waals surface area contributed by atoms with E-state index in [2.05, 4.69) is 4.90 Å². The van der Waals surface area contributed by atoms with Crippen LogP contribution in [0.15, 0.2) is 48.5 Å². The van der Waals surface area contributed by atoms with Crippen LogP contribution in [0.4, 0.5) is 18.9 Å². The van der Waals surface area contributed by atoms with Crippen LogP contribution in [0.1, 0.15) is 36.2 Å². The molecule has 2 atom stereocenters. The van der Waals surface area contributed by atoms with Crippen molar-refractivity contribution in [3.8, 4) is 5.75 Å². The molecule has 1 fully saturated rings. The third-order valence-electron chi connectivity index (χ3n) is 5.08. The van der Waals surface area contributed by atoms with E-state index in [0.29, 0.717) is 44.1 Å². The van der Waals surface area contributed by atoms with Gasteiger partial charge in [-0.25, -0.2) is 4.79 Å². The first-order valence-corrected chi connectivity index (χ1v) is 10.3. The van der Waals surface area contributed by atoms with Crippen LogP contribution in [0.3, 0.4) is 0 Å². The SMILES string of the molecule is CCOC[C@@H]1C[C@H](Oc2ccc(C(F)(F)F)cc2)CN1c1ccc(C(=O)OCC)cc1. The average molecular weight is 437 g/mol. The van der Waals surface area contributed by atoms with E-state index < -0.39 is 11.7 Å². The van der Waals surface area contributed by atoms with Gasteiger partial charge in [-0.2, -0.15) is 13.2 Å². The number of benzene rings is 2. The highest BCUT2D eigenvalue weighted by molar-refractivity contribution is 5.89. The van der Waals surface area contributed by atoms with Crippen molar-refractivity contribution >= 4 is 11.7 Å². The van der Waals surface area contributed by atoms with E-state index in [1.807, 2.05) is 19.1 Å². The Hall–Kier alpha value is -2.74. The minimum atomic E-state index is -4.37. The molecule has 0 aromatic heterocycles. The molecule has 1 aliphatic rings. The number of carbonyl (C=O) groups is 1. The van der Waals surface area contributed by atoms with E-state index in [-0.39, 0.29) is 18.1 Å². The molecule has 0 saturated carbocycles. The van der Waals surface area contributed by atoms with Gasteiger partial charge in [0, 0.05) is 18.7 Å². The molecule has 0 radical (unpaired) electrons. The van der Waals surface area contributed by atoms with Crippen molar-refractivity contribution in [3.05, 3.63) is 59.7 Å². The topological polar surface area (TPSA) is 48.0 Å². The van der Waals surface area contributed by atoms with Gasteiger partial charge < -0.3 is 19.1 Å². The molecular weight excluding hydrogens is 411 g/mol. The third kappa shape index (κ3) is 5.91. The summed E-state index contributed by atoms with van der Waals surface area (Å²) in [6, 6.07) is 11.9. The van der Waals surface area contributed by atoms with Gasteiger partial charge in [0.1, 0.15) is 11.9 Å². The molecule has 0 unspecified atom stereocenters. The summed E-state index contributed by atoms with van der Waals surface area (Å²) >= 11 is 0. The minimum Gasteiger partial charge on any atom is -0.489 e. The van der Waals surface area contributed by atoms with Gasteiger partial charge in [-0.05, 0) is 62.4 Å². The van der Waals surface area contributed by atoms with Gasteiger partial charge in [0.05, 0.1) is 36.9 Å². The van der Waals surface area contributed by atoms with Crippen molar-refractivity contribution < 1.29 is 32.2 Å². The number of esters is 1. The third-order valence-corrected chi connectivity index (χ3v) is 5.08. The Morgan fingerprint density at radius 1 is 1.03 bits per heavy atom. The lowest BCUT2D eigenvalue weighted by Crippen LogP contribution is -2.33. The van der Waals surface area contributed by atoms with E-state index in [9.17, 15) is 18.0 Å². The minimum absolute atomic E-state index is 0.0489. The van der Waals surface area contributed by atoms with E-state index >= 15 is 0 Å². The van der Waals surface area contributed by atoms with Gasteiger partial charge in [-0.1, -0.05) is 0 Å². The predicted octanol–water partition coefficient (Wildman–Crippen LogP) is 4.94. The summed E-state index contributed by atoms with van der Waals surface area (Å²) in [5, 5.41) is 0. The number of nitrogens with zero attached hydrogens (tertiary/aromatic N) is 1. The lowest BCUT2D eigenvalue weighted by Gasteiger charge is -2.26. The monoisotopic (exact) mass is 437 g/mol. The number of halogens is 3. The average Bonchev–Trinajstić information content (AvgIpc) is 3.14. The predicted molar refractivity (Wildman–Crippen MR) is 111 cm³/mol. The first kappa shape index (κ1) is 22.9. The molecule has 1 aliphatic heterocycles. The molecule has 168 valence electrons. The van der Waals surface area contributed by atoms with Crippen LogP contribution >= 0.6 is 0 Å². The largest absolute Gasteiger partial charge is 0.489 e. The van der Waals surface area contributed by atoms with Crippen LogP contribution in [0, 0.1) is 0 Å². The molecule has 2 aromatic carbocycles. The second-order valence-electron chi connectivity index (χ2n) is 7.23. The normalized spacial score (nSPS) is 18.8. The molecular formula is C23H26F3NO4. The lowest BCUT2D eigenvalue weighted by molar-refractivity contribution is -0.137. The summed E-state index contributed by atoms with van der Waals surface area (Å²) in [6.45, 7) is 5.62. The highest BCUT2D eigenvalue weighted by Crippen LogP contribution is 2.32. The van der Waals surface area contributed by atoms with Gasteiger partial charge in [0.2, 0.25) is 0 Å². The maximum absolute atomic E-state index is 12.8. The zero-order valence-electron chi connectivity index (χ0n) is 17.5. The number of rotatable bonds is 8. The molecule has 0 amide bonds. The molecule has 0 spiro atoms. The van der Waals surface area contributed by atoms with E-state index in [1.165, 1.54) is 12.1 Å². The van der Waals surface area contributed by atoms with Gasteiger partial charge in [0.25, 0.3) is 0 Å². The molecule has 2 aromatic rings. The number of hydrogen-bond acceptors (Lipinski definition) is 5. The highest BCUT2D eigenvalue weighted by atomic mass is 19.4. The Kier molecular flexibility index (Phi) is 7.43. The Bertz CT molecular complexity index is 853. The van der Waals surface area contributed by atoms with Crippen molar-refractivity contribution in [1.82, 2.24) is 0 Å². The Morgan fingerprint density at radius 3 is 2.29 bits per heavy atom. The molecule has 3 rings (SSSR count). The van der Waals surface area contributed by atoms with Gasteiger partial charge in [-0.15, -0.1) is 0 Å². The van der Waals surface area contributed by atoms with Crippen LogP contribution in [-0.4, -0.2) is 44.5 Å². The highest BCUT2D eigenvalue weighted by Gasteiger charge is 2.34. The summed E-state index contributed by atoms with van der Waals surface area (Å²) < 4.78 is 54.9. The van der Waals surface area contributed by atoms with Crippen molar-refractivity contribution in [1.29, 1.82) is 0 Å². The zero-order chi connectivity index (χ0) is 22.4. The number of hydrogen-bond donors (Lipinski definition) is 0. The number of anilines is 1. The standard InChI is InChI=1S/C23H26F3NO4/c1-3-29-15-19-13-21(31-20-11-7-17(8-12-20)23(24,25)26)14-27(19)18-9-5-16(6-10-18)22(28)30-4-2/h5-12,19,21H,3-4,13-15H2,1-2H3/t19-,21-/m0/s1. The van der Waals surface area contributed by atoms with Crippen molar-refractivity contribution in [3.63, 3.8) is 0 Å². The summed E-state index contributed by atoms with van der Waals surface area (Å²) in [6.07, 6.45) is -3.91. The maximum atomic E-state index is 12.8. The summed E-state index contributed by atoms with van der Waals surface area (Å²) in [7, 11) is 0. The van der Waals surface area contributed by atoms with E-state index in [0.717, 1.165) is 17.8 Å².